The maximum Gasteiger partial charge on any atom is 0.170 e. The Labute approximate surface area is 112 Å². The van der Waals surface area contributed by atoms with Crippen LogP contribution in [0.2, 0.25) is 0 Å². The quantitative estimate of drug-likeness (QED) is 0.382. The van der Waals surface area contributed by atoms with Crippen molar-refractivity contribution >= 4 is 5.84 Å². The highest BCUT2D eigenvalue weighted by molar-refractivity contribution is 5.97. The zero-order valence-corrected chi connectivity index (χ0v) is 11.0. The SMILES string of the molecule is CC1CCC(Oc2ccc(/C(N)=N/O)cc2F)CC1. The molecule has 0 unspecified atom stereocenters. The number of oxime groups is 1. The van der Waals surface area contributed by atoms with Gasteiger partial charge in [0.15, 0.2) is 17.4 Å². The van der Waals surface area contributed by atoms with Gasteiger partial charge in [0.1, 0.15) is 0 Å². The summed E-state index contributed by atoms with van der Waals surface area (Å²) in [5, 5.41) is 11.4. The van der Waals surface area contributed by atoms with Gasteiger partial charge in [0.05, 0.1) is 6.10 Å². The molecule has 1 aliphatic rings. The first kappa shape index (κ1) is 13.6. The van der Waals surface area contributed by atoms with Crippen molar-refractivity contribution in [2.45, 2.75) is 38.7 Å². The Balaban J connectivity index is 2.05. The van der Waals surface area contributed by atoms with E-state index in [4.69, 9.17) is 15.7 Å². The third kappa shape index (κ3) is 3.36. The van der Waals surface area contributed by atoms with E-state index in [9.17, 15) is 4.39 Å². The third-order valence-corrected chi connectivity index (χ3v) is 3.59. The van der Waals surface area contributed by atoms with Crippen molar-refractivity contribution in [3.8, 4) is 5.75 Å². The highest BCUT2D eigenvalue weighted by Crippen LogP contribution is 2.28. The summed E-state index contributed by atoms with van der Waals surface area (Å²) < 4.78 is 19.5. The first-order valence-electron chi connectivity index (χ1n) is 6.54. The van der Waals surface area contributed by atoms with Crippen molar-refractivity contribution < 1.29 is 14.3 Å². The van der Waals surface area contributed by atoms with Crippen LogP contribution in [0, 0.1) is 11.7 Å². The highest BCUT2D eigenvalue weighted by atomic mass is 19.1. The van der Waals surface area contributed by atoms with Crippen LogP contribution < -0.4 is 10.5 Å². The predicted octanol–water partition coefficient (Wildman–Crippen LogP) is 2.88. The molecule has 1 fully saturated rings. The molecule has 0 heterocycles. The van der Waals surface area contributed by atoms with Crippen LogP contribution in [0.4, 0.5) is 4.39 Å². The van der Waals surface area contributed by atoms with E-state index >= 15 is 0 Å². The fraction of sp³-hybridized carbons (Fsp3) is 0.500. The van der Waals surface area contributed by atoms with Crippen LogP contribution in [0.15, 0.2) is 23.4 Å². The standard InChI is InChI=1S/C14H19FN2O2/c1-9-2-5-11(6-3-9)19-13-7-4-10(8-12(13)15)14(16)17-18/h4,7-9,11,18H,2-3,5-6H2,1H3,(H2,16,17). The highest BCUT2D eigenvalue weighted by Gasteiger charge is 2.20. The lowest BCUT2D eigenvalue weighted by Crippen LogP contribution is -2.23. The molecule has 1 saturated carbocycles. The normalized spacial score (nSPS) is 24.2. The van der Waals surface area contributed by atoms with Crippen molar-refractivity contribution in [1.82, 2.24) is 0 Å². The van der Waals surface area contributed by atoms with E-state index in [1.165, 1.54) is 12.1 Å². The van der Waals surface area contributed by atoms with E-state index in [1.54, 1.807) is 6.07 Å². The number of ether oxygens (including phenoxy) is 1. The molecule has 1 aromatic rings. The van der Waals surface area contributed by atoms with E-state index in [0.29, 0.717) is 5.56 Å². The van der Waals surface area contributed by atoms with E-state index < -0.39 is 5.82 Å². The summed E-state index contributed by atoms with van der Waals surface area (Å²) in [6.45, 7) is 2.22. The Morgan fingerprint density at radius 2 is 2.05 bits per heavy atom. The number of amidine groups is 1. The van der Waals surface area contributed by atoms with E-state index in [2.05, 4.69) is 12.1 Å². The molecule has 1 aromatic carbocycles. The second-order valence-electron chi connectivity index (χ2n) is 5.13. The molecule has 0 aliphatic heterocycles. The minimum atomic E-state index is -0.484. The van der Waals surface area contributed by atoms with Gasteiger partial charge >= 0.3 is 0 Å². The molecule has 2 rings (SSSR count). The molecule has 0 saturated heterocycles. The first-order valence-corrected chi connectivity index (χ1v) is 6.54. The lowest BCUT2D eigenvalue weighted by atomic mass is 9.89. The molecule has 104 valence electrons. The summed E-state index contributed by atoms with van der Waals surface area (Å²) in [6, 6.07) is 4.33. The van der Waals surface area contributed by atoms with Crippen LogP contribution in [0.5, 0.6) is 5.75 Å². The Bertz CT molecular complexity index is 469. The summed E-state index contributed by atoms with van der Waals surface area (Å²) in [4.78, 5) is 0. The van der Waals surface area contributed by atoms with Gasteiger partial charge in [0.2, 0.25) is 0 Å². The second-order valence-corrected chi connectivity index (χ2v) is 5.13. The van der Waals surface area contributed by atoms with E-state index in [0.717, 1.165) is 31.6 Å². The summed E-state index contributed by atoms with van der Waals surface area (Å²) in [7, 11) is 0. The molecule has 0 spiro atoms. The van der Waals surface area contributed by atoms with Gasteiger partial charge in [-0.05, 0) is 49.8 Å². The average Bonchev–Trinajstić information content (AvgIpc) is 2.42. The summed E-state index contributed by atoms with van der Waals surface area (Å²) in [5.74, 6) is 0.362. The lowest BCUT2D eigenvalue weighted by molar-refractivity contribution is 0.130. The molecular formula is C14H19FN2O2. The van der Waals surface area contributed by atoms with Crippen LogP contribution in [0.3, 0.4) is 0 Å². The molecule has 0 bridgehead atoms. The zero-order valence-electron chi connectivity index (χ0n) is 11.0. The van der Waals surface area contributed by atoms with Crippen LogP contribution >= 0.6 is 0 Å². The Morgan fingerprint density at radius 1 is 1.37 bits per heavy atom. The minimum absolute atomic E-state index is 0.0837. The Kier molecular flexibility index (Phi) is 4.24. The largest absolute Gasteiger partial charge is 0.487 e. The molecular weight excluding hydrogens is 247 g/mol. The fourth-order valence-electron chi connectivity index (χ4n) is 2.34. The molecule has 19 heavy (non-hydrogen) atoms. The van der Waals surface area contributed by atoms with Gasteiger partial charge in [0.25, 0.3) is 0 Å². The van der Waals surface area contributed by atoms with Crippen molar-refractivity contribution in [3.63, 3.8) is 0 Å². The number of nitrogens with zero attached hydrogens (tertiary/aromatic N) is 1. The first-order chi connectivity index (χ1) is 9.10. The summed E-state index contributed by atoms with van der Waals surface area (Å²) >= 11 is 0. The molecule has 4 nitrogen and oxygen atoms in total. The van der Waals surface area contributed by atoms with Crippen LogP contribution in [0.1, 0.15) is 38.2 Å². The molecule has 3 N–H and O–H groups in total. The Morgan fingerprint density at radius 3 is 2.63 bits per heavy atom. The van der Waals surface area contributed by atoms with E-state index in [1.807, 2.05) is 0 Å². The number of benzene rings is 1. The maximum atomic E-state index is 13.9. The van der Waals surface area contributed by atoms with Crippen molar-refractivity contribution in [1.29, 1.82) is 0 Å². The van der Waals surface area contributed by atoms with Crippen LogP contribution in [-0.2, 0) is 0 Å². The number of nitrogens with two attached hydrogens (primary N) is 1. The summed E-state index contributed by atoms with van der Waals surface area (Å²) in [5.41, 5.74) is 5.74. The van der Waals surface area contributed by atoms with Gasteiger partial charge in [-0.15, -0.1) is 0 Å². The van der Waals surface area contributed by atoms with Crippen LogP contribution in [0.25, 0.3) is 0 Å². The van der Waals surface area contributed by atoms with E-state index in [-0.39, 0.29) is 17.7 Å². The predicted molar refractivity (Wildman–Crippen MR) is 71.0 cm³/mol. The maximum absolute atomic E-state index is 13.9. The second kappa shape index (κ2) is 5.91. The molecule has 0 amide bonds. The molecule has 5 heteroatoms. The van der Waals surface area contributed by atoms with Crippen molar-refractivity contribution in [2.24, 2.45) is 16.8 Å². The minimum Gasteiger partial charge on any atom is -0.487 e. The van der Waals surface area contributed by atoms with Crippen LogP contribution in [-0.4, -0.2) is 17.1 Å². The smallest absolute Gasteiger partial charge is 0.170 e. The van der Waals surface area contributed by atoms with Gasteiger partial charge in [-0.25, -0.2) is 4.39 Å². The van der Waals surface area contributed by atoms with Gasteiger partial charge in [-0.2, -0.15) is 0 Å². The molecule has 0 aromatic heterocycles. The van der Waals surface area contributed by atoms with Crippen molar-refractivity contribution in [3.05, 3.63) is 29.6 Å². The van der Waals surface area contributed by atoms with Gasteiger partial charge in [-0.1, -0.05) is 12.1 Å². The molecule has 1 aliphatic carbocycles. The Hall–Kier alpha value is -1.78. The van der Waals surface area contributed by atoms with Gasteiger partial charge in [-0.3, -0.25) is 0 Å². The topological polar surface area (TPSA) is 67.8 Å². The number of rotatable bonds is 3. The molecule has 0 atom stereocenters. The monoisotopic (exact) mass is 266 g/mol. The number of hydrogen-bond acceptors (Lipinski definition) is 3. The third-order valence-electron chi connectivity index (χ3n) is 3.59. The van der Waals surface area contributed by atoms with Crippen molar-refractivity contribution in [2.75, 3.05) is 0 Å². The van der Waals surface area contributed by atoms with Gasteiger partial charge < -0.3 is 15.7 Å². The fourth-order valence-corrected chi connectivity index (χ4v) is 2.34. The zero-order chi connectivity index (χ0) is 13.8. The molecule has 0 radical (unpaired) electrons. The number of hydrogen-bond donors (Lipinski definition) is 2. The average molecular weight is 266 g/mol. The lowest BCUT2D eigenvalue weighted by Gasteiger charge is -2.27. The number of halogens is 1. The summed E-state index contributed by atoms with van der Waals surface area (Å²) in [6.07, 6.45) is 4.24. The van der Waals surface area contributed by atoms with Gasteiger partial charge in [0, 0.05) is 5.56 Å².